The van der Waals surface area contributed by atoms with Gasteiger partial charge in [0.05, 0.1) is 33.6 Å². The number of nitriles is 1. The molecule has 0 amide bonds. The Morgan fingerprint density at radius 2 is 1.96 bits per heavy atom. The van der Waals surface area contributed by atoms with Crippen LogP contribution in [0.5, 0.6) is 0 Å². The molecule has 0 spiro atoms. The van der Waals surface area contributed by atoms with E-state index in [9.17, 15) is 10.4 Å². The van der Waals surface area contributed by atoms with Gasteiger partial charge in [-0.15, -0.1) is 0 Å². The van der Waals surface area contributed by atoms with Gasteiger partial charge in [0.1, 0.15) is 11.8 Å². The molecule has 1 aromatic heterocycles. The third kappa shape index (κ3) is 3.87. The molecule has 2 heterocycles. The number of nitrogens with zero attached hydrogens (tertiary/aromatic N) is 4. The van der Waals surface area contributed by atoms with Crippen LogP contribution in [-0.2, 0) is 6.61 Å². The van der Waals surface area contributed by atoms with E-state index in [1.54, 1.807) is 12.1 Å². The highest BCUT2D eigenvalue weighted by atomic mass is 35.5. The maximum absolute atomic E-state index is 9.87. The summed E-state index contributed by atoms with van der Waals surface area (Å²) in [4.78, 5) is 11.4. The van der Waals surface area contributed by atoms with E-state index in [0.717, 1.165) is 25.9 Å². The molecule has 1 aliphatic heterocycles. The topological polar surface area (TPSA) is 99.1 Å². The highest BCUT2D eigenvalue weighted by Crippen LogP contribution is 2.36. The first-order chi connectivity index (χ1) is 12.8. The molecule has 0 saturated carbocycles. The number of aliphatic hydroxyl groups excluding tert-OH is 1. The van der Waals surface area contributed by atoms with Crippen LogP contribution in [0.3, 0.4) is 0 Å². The normalized spacial score (nSPS) is 16.3. The van der Waals surface area contributed by atoms with Crippen molar-refractivity contribution < 1.29 is 5.11 Å². The van der Waals surface area contributed by atoms with Crippen molar-refractivity contribution >= 4 is 29.0 Å². The number of aryl methyl sites for hydroxylation is 1. The van der Waals surface area contributed by atoms with E-state index in [-0.39, 0.29) is 27.8 Å². The second kappa shape index (κ2) is 7.61. The maximum Gasteiger partial charge on any atom is 0.153 e. The molecule has 142 valence electrons. The van der Waals surface area contributed by atoms with E-state index < -0.39 is 0 Å². The standard InChI is InChI=1S/C19H21Cl2N5O/c1-11-17(12-3-4-14(20)13(9-22)16(12)21)25-15(10-27)18(24-11)26-7-5-19(2,23)6-8-26/h3-4,27H,5-8,10,23H2,1-2H3. The lowest BCUT2D eigenvalue weighted by Gasteiger charge is -2.38. The highest BCUT2D eigenvalue weighted by molar-refractivity contribution is 6.38. The van der Waals surface area contributed by atoms with E-state index >= 15 is 0 Å². The molecular weight excluding hydrogens is 385 g/mol. The fourth-order valence-electron chi connectivity index (χ4n) is 3.22. The average Bonchev–Trinajstić information content (AvgIpc) is 2.63. The number of hydrogen-bond donors (Lipinski definition) is 2. The molecule has 1 fully saturated rings. The van der Waals surface area contributed by atoms with Crippen LogP contribution in [-0.4, -0.2) is 33.7 Å². The zero-order chi connectivity index (χ0) is 19.8. The average molecular weight is 406 g/mol. The third-order valence-corrected chi connectivity index (χ3v) is 5.64. The Hall–Kier alpha value is -1.91. The highest BCUT2D eigenvalue weighted by Gasteiger charge is 2.28. The molecule has 3 rings (SSSR count). The molecule has 0 atom stereocenters. The minimum Gasteiger partial charge on any atom is -0.390 e. The smallest absolute Gasteiger partial charge is 0.153 e. The first kappa shape index (κ1) is 19.8. The maximum atomic E-state index is 9.87. The summed E-state index contributed by atoms with van der Waals surface area (Å²) in [6.07, 6.45) is 1.68. The Morgan fingerprint density at radius 1 is 1.30 bits per heavy atom. The van der Waals surface area contributed by atoms with Gasteiger partial charge in [0, 0.05) is 24.2 Å². The van der Waals surface area contributed by atoms with Crippen LogP contribution >= 0.6 is 23.2 Å². The second-order valence-corrected chi connectivity index (χ2v) is 7.91. The van der Waals surface area contributed by atoms with Crippen molar-refractivity contribution in [1.82, 2.24) is 9.97 Å². The van der Waals surface area contributed by atoms with Crippen LogP contribution in [0.25, 0.3) is 11.3 Å². The Kier molecular flexibility index (Phi) is 5.59. The molecule has 3 N–H and O–H groups in total. The molecule has 1 aromatic carbocycles. The molecule has 6 nitrogen and oxygen atoms in total. The fraction of sp³-hybridized carbons (Fsp3) is 0.421. The summed E-state index contributed by atoms with van der Waals surface area (Å²) in [5.41, 5.74) is 8.46. The summed E-state index contributed by atoms with van der Waals surface area (Å²) in [7, 11) is 0. The van der Waals surface area contributed by atoms with Gasteiger partial charge in [-0.1, -0.05) is 23.2 Å². The molecule has 1 saturated heterocycles. The van der Waals surface area contributed by atoms with Crippen molar-refractivity contribution in [3.63, 3.8) is 0 Å². The van der Waals surface area contributed by atoms with Gasteiger partial charge in [-0.25, -0.2) is 9.97 Å². The molecule has 0 aliphatic carbocycles. The predicted octanol–water partition coefficient (Wildman–Crippen LogP) is 3.44. The van der Waals surface area contributed by atoms with Gasteiger partial charge < -0.3 is 15.7 Å². The summed E-state index contributed by atoms with van der Waals surface area (Å²) in [5, 5.41) is 19.7. The van der Waals surface area contributed by atoms with E-state index in [1.165, 1.54) is 0 Å². The van der Waals surface area contributed by atoms with Crippen LogP contribution in [0.1, 0.15) is 36.7 Å². The number of anilines is 1. The van der Waals surface area contributed by atoms with Crippen molar-refractivity contribution in [2.45, 2.75) is 38.8 Å². The summed E-state index contributed by atoms with van der Waals surface area (Å²) in [6.45, 7) is 5.15. The van der Waals surface area contributed by atoms with Crippen molar-refractivity contribution in [2.24, 2.45) is 5.73 Å². The van der Waals surface area contributed by atoms with E-state index in [4.69, 9.17) is 33.9 Å². The quantitative estimate of drug-likeness (QED) is 0.810. The Bertz CT molecular complexity index is 913. The van der Waals surface area contributed by atoms with Gasteiger partial charge in [-0.3, -0.25) is 0 Å². The lowest BCUT2D eigenvalue weighted by atomic mass is 9.91. The first-order valence-electron chi connectivity index (χ1n) is 8.68. The number of benzene rings is 1. The summed E-state index contributed by atoms with van der Waals surface area (Å²) < 4.78 is 0. The number of nitrogens with two attached hydrogens (primary N) is 1. The van der Waals surface area contributed by atoms with Crippen molar-refractivity contribution in [1.29, 1.82) is 5.26 Å². The minimum absolute atomic E-state index is 0.178. The fourth-order valence-corrected chi connectivity index (χ4v) is 3.77. The largest absolute Gasteiger partial charge is 0.390 e. The monoisotopic (exact) mass is 405 g/mol. The van der Waals surface area contributed by atoms with E-state index in [2.05, 4.69) is 9.88 Å². The van der Waals surface area contributed by atoms with Crippen molar-refractivity contribution in [2.75, 3.05) is 18.0 Å². The van der Waals surface area contributed by atoms with Gasteiger partial charge in [0.15, 0.2) is 5.82 Å². The van der Waals surface area contributed by atoms with Crippen LogP contribution < -0.4 is 10.6 Å². The number of hydrogen-bond acceptors (Lipinski definition) is 6. The lowest BCUT2D eigenvalue weighted by molar-refractivity contribution is 0.275. The second-order valence-electron chi connectivity index (χ2n) is 7.12. The summed E-state index contributed by atoms with van der Waals surface area (Å²) in [5.74, 6) is 0.667. The minimum atomic E-state index is -0.248. The molecular formula is C19H21Cl2N5O. The van der Waals surface area contributed by atoms with Crippen LogP contribution in [0.4, 0.5) is 5.82 Å². The SMILES string of the molecule is Cc1nc(N2CCC(C)(N)CC2)c(CO)nc1-c1ccc(Cl)c(C#N)c1Cl. The molecule has 0 unspecified atom stereocenters. The summed E-state index contributed by atoms with van der Waals surface area (Å²) in [6, 6.07) is 5.34. The van der Waals surface area contributed by atoms with E-state index in [0.29, 0.717) is 28.5 Å². The van der Waals surface area contributed by atoms with Gasteiger partial charge in [0.25, 0.3) is 0 Å². The molecule has 0 bridgehead atoms. The van der Waals surface area contributed by atoms with Crippen molar-refractivity contribution in [3.05, 3.63) is 39.1 Å². The zero-order valence-electron chi connectivity index (χ0n) is 15.3. The van der Waals surface area contributed by atoms with Crippen LogP contribution in [0, 0.1) is 18.3 Å². The number of piperidine rings is 1. The summed E-state index contributed by atoms with van der Waals surface area (Å²) >= 11 is 12.4. The van der Waals surface area contributed by atoms with Crippen LogP contribution in [0.15, 0.2) is 12.1 Å². The molecule has 27 heavy (non-hydrogen) atoms. The molecule has 0 radical (unpaired) electrons. The number of aromatic nitrogens is 2. The van der Waals surface area contributed by atoms with Gasteiger partial charge in [0.2, 0.25) is 0 Å². The molecule has 2 aromatic rings. The van der Waals surface area contributed by atoms with E-state index in [1.807, 2.05) is 19.9 Å². The molecule has 1 aliphatic rings. The van der Waals surface area contributed by atoms with Gasteiger partial charge >= 0.3 is 0 Å². The predicted molar refractivity (Wildman–Crippen MR) is 107 cm³/mol. The Morgan fingerprint density at radius 3 is 2.56 bits per heavy atom. The van der Waals surface area contributed by atoms with Gasteiger partial charge in [-0.05, 0) is 38.8 Å². The van der Waals surface area contributed by atoms with Crippen molar-refractivity contribution in [3.8, 4) is 17.3 Å². The number of rotatable bonds is 3. The van der Waals surface area contributed by atoms with Crippen LogP contribution in [0.2, 0.25) is 10.0 Å². The Balaban J connectivity index is 2.05. The van der Waals surface area contributed by atoms with Gasteiger partial charge in [-0.2, -0.15) is 5.26 Å². The zero-order valence-corrected chi connectivity index (χ0v) is 16.8. The lowest BCUT2D eigenvalue weighted by Crippen LogP contribution is -2.48. The third-order valence-electron chi connectivity index (χ3n) is 4.93. The molecule has 8 heteroatoms. The first-order valence-corrected chi connectivity index (χ1v) is 9.43. The number of halogens is 2. The Labute approximate surface area is 168 Å². The number of aliphatic hydroxyl groups is 1.